The van der Waals surface area contributed by atoms with Gasteiger partial charge in [0.05, 0.1) is 50.1 Å². The van der Waals surface area contributed by atoms with Gasteiger partial charge in [-0.15, -0.1) is 0 Å². The second kappa shape index (κ2) is 61.4. The zero-order valence-corrected chi connectivity index (χ0v) is 96.6. The van der Waals surface area contributed by atoms with Crippen molar-refractivity contribution in [3.8, 4) is 51.7 Å². The average molecular weight is 3640 g/mol. The van der Waals surface area contributed by atoms with Gasteiger partial charge >= 0.3 is 106 Å². The molecule has 51 heteroatoms. The number of carboxylic acid groups (broad SMARTS) is 9. The Labute approximate surface area is 921 Å². The Morgan fingerprint density at radius 3 is 0.281 bits per heavy atom. The molecule has 0 saturated carbocycles. The van der Waals surface area contributed by atoms with E-state index in [0.717, 1.165) is 32.1 Å². The third-order valence-electron chi connectivity index (χ3n) is 11.1. The van der Waals surface area contributed by atoms with Crippen LogP contribution in [-0.2, 0) is 0 Å². The van der Waals surface area contributed by atoms with Crippen LogP contribution in [0.25, 0.3) is 0 Å². The minimum absolute atomic E-state index is 0. The molecule has 0 saturated heterocycles. The van der Waals surface area contributed by atoms with Crippen LogP contribution < -0.4 is 46.0 Å². The van der Waals surface area contributed by atoms with Gasteiger partial charge in [0, 0.05) is 64.3 Å². The van der Waals surface area contributed by atoms with Crippen molar-refractivity contribution in [3.05, 3.63) is 224 Å². The van der Waals surface area contributed by atoms with Gasteiger partial charge in [-0.3, -0.25) is 0 Å². The molecule has 0 amide bonds. The number of rotatable bonds is 9. The van der Waals surface area contributed by atoms with E-state index in [0.29, 0.717) is 32.1 Å². The van der Waals surface area contributed by atoms with Crippen LogP contribution in [0.4, 0.5) is 0 Å². The van der Waals surface area contributed by atoms with Crippen molar-refractivity contribution in [2.45, 2.75) is 0 Å². The SMILES string of the molecule is O.O.O.O=C(O)c1cc(I)cc(I)c1[O-].O=C(O)c1cc(I)cc(I)c1[O-].O=C(O)c1cc(I)cc(I)c1[O-].O=C(O)c1cc(I)cc(I)c1[O-].O=C(O)c1cc(I)cc(I)c1[O-].O=C(O)c1cc(I)cc(I)c1[O-].O=C(O)c1cc(I)cc(I)c1[O-].O=C(O)c1cc(I)cc(I)c1[O-].O=C(O)c1cc(I)cc(I)c1[O-].[Al+3].[Al+3].[Al+3]. The maximum atomic E-state index is 11.2. The number of halogens is 18. The van der Waals surface area contributed by atoms with Crippen LogP contribution in [0.15, 0.2) is 109 Å². The first-order valence-corrected chi connectivity index (χ1v) is 45.6. The maximum Gasteiger partial charge on any atom is 3.00 e. The van der Waals surface area contributed by atoms with Crippen LogP contribution in [0.5, 0.6) is 51.7 Å². The van der Waals surface area contributed by atoms with Crippen molar-refractivity contribution in [3.63, 3.8) is 0 Å². The number of carbonyl (C=O) groups is 9. The largest absolute Gasteiger partial charge is 3.00 e. The molecule has 9 rings (SSSR count). The molecule has 9 aromatic carbocycles. The van der Waals surface area contributed by atoms with Crippen molar-refractivity contribution >= 4 is 512 Å². The fourth-order valence-electron chi connectivity index (χ4n) is 6.47. The number of carboxylic acids is 9. The summed E-state index contributed by atoms with van der Waals surface area (Å²) in [6, 6.07) is 27.2. The molecule has 0 aromatic heterocycles. The van der Waals surface area contributed by atoms with E-state index in [-0.39, 0.29) is 119 Å². The van der Waals surface area contributed by atoms with Gasteiger partial charge in [0.2, 0.25) is 0 Å². The summed E-state index contributed by atoms with van der Waals surface area (Å²) < 4.78 is 10.8. The monoisotopic (exact) mass is 3630 g/mol. The Kier molecular flexibility index (Phi) is 67.8. The number of aromatic carboxylic acids is 9. The molecule has 15 N–H and O–H groups in total. The van der Waals surface area contributed by atoms with Gasteiger partial charge in [-0.2, -0.15) is 0 Å². The smallest absolute Gasteiger partial charge is 0.871 e. The molecular weight excluding hydrogens is 3600 g/mol. The summed E-state index contributed by atoms with van der Waals surface area (Å²) in [6.45, 7) is 0. The Morgan fingerprint density at radius 2 is 0.228 bits per heavy atom. The Hall–Kier alpha value is 1.03. The van der Waals surface area contributed by atoms with E-state index in [4.69, 9.17) is 46.0 Å². The first-order chi connectivity index (χ1) is 49.7. The van der Waals surface area contributed by atoms with Crippen LogP contribution in [0.2, 0.25) is 0 Å². The molecule has 0 radical (unpaired) electrons. The number of benzene rings is 9. The zero-order chi connectivity index (χ0) is 83.7. The molecule has 30 nitrogen and oxygen atoms in total. The predicted molar refractivity (Wildman–Crippen MR) is 553 cm³/mol. The topological polar surface area (TPSA) is 638 Å². The van der Waals surface area contributed by atoms with Gasteiger partial charge in [-0.25, -0.2) is 43.2 Å². The van der Waals surface area contributed by atoms with E-state index in [2.05, 4.69) is 0 Å². The molecule has 0 heterocycles. The van der Waals surface area contributed by atoms with Gasteiger partial charge < -0.3 is 108 Å². The molecule has 0 aliphatic heterocycles. The van der Waals surface area contributed by atoms with Gasteiger partial charge in [0.25, 0.3) is 0 Å². The molecule has 0 unspecified atom stereocenters. The van der Waals surface area contributed by atoms with Crippen molar-refractivity contribution in [2.24, 2.45) is 0 Å². The van der Waals surface area contributed by atoms with Crippen molar-refractivity contribution in [2.75, 3.05) is 0 Å². The molecule has 0 atom stereocenters. The van der Waals surface area contributed by atoms with Crippen LogP contribution in [0, 0.1) is 64.3 Å². The van der Waals surface area contributed by atoms with Crippen LogP contribution in [0.3, 0.4) is 0 Å². The number of hydrogen-bond acceptors (Lipinski definition) is 18. The molecule has 0 spiro atoms. The number of hydrogen-bond donors (Lipinski definition) is 9. The molecule has 9 aromatic rings. The summed E-state index contributed by atoms with van der Waals surface area (Å²) in [5.41, 5.74) is -1.45. The summed E-state index contributed by atoms with van der Waals surface area (Å²) in [6.07, 6.45) is 0. The second-order valence-corrected chi connectivity index (χ2v) is 40.3. The standard InChI is InChI=1S/9C7H4I2O3.3Al.3H2O/c9*8-3-1-4(7(11)12)6(10)5(9)2-3;;;;;;/h9*1-2,10H,(H,11,12);;;;3*1H2/q;;;;;;;;;3*+3;;;/p-9. The molecule has 0 fully saturated rings. The quantitative estimate of drug-likeness (QED) is 0.0479. The predicted octanol–water partition coefficient (Wildman–Crippen LogP) is 11.4. The van der Waals surface area contributed by atoms with Gasteiger partial charge in [0.1, 0.15) is 0 Å². The van der Waals surface area contributed by atoms with Crippen LogP contribution >= 0.6 is 407 Å². The summed E-state index contributed by atoms with van der Waals surface area (Å²) in [4.78, 5) is 94.7. The minimum Gasteiger partial charge on any atom is -0.871 e. The molecule has 0 aliphatic carbocycles. The molecule has 600 valence electrons. The van der Waals surface area contributed by atoms with Gasteiger partial charge in [0.15, 0.2) is 0 Å². The van der Waals surface area contributed by atoms with E-state index in [9.17, 15) is 89.1 Å². The van der Waals surface area contributed by atoms with Crippen molar-refractivity contribution in [1.29, 1.82) is 0 Å². The first kappa shape index (κ1) is 126. The zero-order valence-electron chi connectivity index (χ0n) is 54.3. The summed E-state index contributed by atoms with van der Waals surface area (Å²) in [5, 5.41) is 178. The average Bonchev–Trinajstić information content (AvgIpc) is 0.922. The second-order valence-electron chi connectivity index (χ2n) is 18.6. The maximum absolute atomic E-state index is 11.2. The molecule has 114 heavy (non-hydrogen) atoms. The van der Waals surface area contributed by atoms with Gasteiger partial charge in [-0.1, -0.05) is 51.7 Å². The van der Waals surface area contributed by atoms with Crippen LogP contribution in [0.1, 0.15) is 93.2 Å². The van der Waals surface area contributed by atoms with E-state index >= 15 is 0 Å². The summed E-state index contributed by atoms with van der Waals surface area (Å²) >= 11 is 34.2. The third-order valence-corrected chi connectivity index (χ3v) is 24.0. The third kappa shape index (κ3) is 43.3. The van der Waals surface area contributed by atoms with E-state index < -0.39 is 105 Å². The normalized spacial score (nSPS) is 9.32. The Morgan fingerprint density at radius 1 is 0.167 bits per heavy atom. The summed E-state index contributed by atoms with van der Waals surface area (Å²) in [5.74, 6) is -14.3. The molecule has 0 aliphatic rings. The van der Waals surface area contributed by atoms with Gasteiger partial charge in [-0.05, 0) is 516 Å². The summed E-state index contributed by atoms with van der Waals surface area (Å²) in [7, 11) is 0. The van der Waals surface area contributed by atoms with Crippen molar-refractivity contribution in [1.82, 2.24) is 0 Å². The van der Waals surface area contributed by atoms with E-state index in [1.54, 1.807) is 54.6 Å². The van der Waals surface area contributed by atoms with E-state index in [1.165, 1.54) is 54.6 Å². The van der Waals surface area contributed by atoms with E-state index in [1.807, 2.05) is 407 Å². The van der Waals surface area contributed by atoms with Crippen molar-refractivity contribution < 1.29 is 151 Å². The first-order valence-electron chi connectivity index (χ1n) is 26.2. The van der Waals surface area contributed by atoms with Crippen LogP contribution in [-0.4, -0.2) is 168 Å². The minimum atomic E-state index is -1.17. The fourth-order valence-corrected chi connectivity index (χ4v) is 23.1. The Balaban J connectivity index is -0.000000286. The molecule has 0 bridgehead atoms. The Bertz CT molecular complexity index is 4010. The fraction of sp³-hybridized carbons (Fsp3) is 0. The molecular formula is C63H33Al3I18O30.